The van der Waals surface area contributed by atoms with Gasteiger partial charge in [-0.2, -0.15) is 5.10 Å². The highest BCUT2D eigenvalue weighted by atomic mass is 15.1. The summed E-state index contributed by atoms with van der Waals surface area (Å²) in [6, 6.07) is 10.8. The Labute approximate surface area is 131 Å². The van der Waals surface area contributed by atoms with E-state index in [0.29, 0.717) is 5.92 Å². The number of benzene rings is 1. The zero-order valence-electron chi connectivity index (χ0n) is 13.9. The summed E-state index contributed by atoms with van der Waals surface area (Å²) >= 11 is 0. The number of aromatic nitrogens is 3. The van der Waals surface area contributed by atoms with Gasteiger partial charge >= 0.3 is 0 Å². The topological polar surface area (TPSA) is 41.6 Å². The van der Waals surface area contributed by atoms with Crippen molar-refractivity contribution in [3.8, 4) is 11.4 Å². The first kappa shape index (κ1) is 14.8. The molecule has 0 saturated heterocycles. The minimum absolute atomic E-state index is 0.0381. The first-order valence-electron chi connectivity index (χ1n) is 7.80. The third-order valence-electron chi connectivity index (χ3n) is 4.03. The lowest BCUT2D eigenvalue weighted by molar-refractivity contribution is 0.567. The molecule has 3 rings (SSSR count). The Kier molecular flexibility index (Phi) is 3.51. The fourth-order valence-electron chi connectivity index (χ4n) is 2.50. The van der Waals surface area contributed by atoms with E-state index in [-0.39, 0.29) is 5.41 Å². The van der Waals surface area contributed by atoms with Gasteiger partial charge in [-0.25, -0.2) is 0 Å². The van der Waals surface area contributed by atoms with Crippen LogP contribution in [-0.4, -0.2) is 15.2 Å². The molecule has 3 heteroatoms. The van der Waals surface area contributed by atoms with Gasteiger partial charge in [0.25, 0.3) is 0 Å². The highest BCUT2D eigenvalue weighted by molar-refractivity contribution is 5.85. The standard InChI is InChI=1S/C19H23N3/c1-12(2)13-6-7-14-11-20-16(9-15(14)8-13)17-10-18(22-21-17)19(3,4)5/h6-12H,1-5H3,(H,21,22). The van der Waals surface area contributed by atoms with Crippen molar-refractivity contribution in [2.75, 3.05) is 0 Å². The molecule has 0 aliphatic carbocycles. The normalized spacial score (nSPS) is 12.3. The summed E-state index contributed by atoms with van der Waals surface area (Å²) in [5, 5.41) is 9.94. The number of hydrogen-bond donors (Lipinski definition) is 1. The number of hydrogen-bond acceptors (Lipinski definition) is 2. The van der Waals surface area contributed by atoms with Gasteiger partial charge in [-0.1, -0.05) is 52.8 Å². The van der Waals surface area contributed by atoms with Crippen molar-refractivity contribution in [3.63, 3.8) is 0 Å². The van der Waals surface area contributed by atoms with Crippen LogP contribution in [0.1, 0.15) is 51.8 Å². The summed E-state index contributed by atoms with van der Waals surface area (Å²) in [5.41, 5.74) is 4.36. The first-order valence-corrected chi connectivity index (χ1v) is 7.80. The maximum atomic E-state index is 4.58. The third kappa shape index (κ3) is 2.76. The van der Waals surface area contributed by atoms with Crippen LogP contribution in [0.4, 0.5) is 0 Å². The van der Waals surface area contributed by atoms with Gasteiger partial charge in [-0.15, -0.1) is 0 Å². The lowest BCUT2D eigenvalue weighted by atomic mass is 9.92. The van der Waals surface area contributed by atoms with Crippen LogP contribution >= 0.6 is 0 Å². The number of nitrogens with zero attached hydrogens (tertiary/aromatic N) is 2. The first-order chi connectivity index (χ1) is 10.3. The van der Waals surface area contributed by atoms with E-state index in [4.69, 9.17) is 0 Å². The Bertz CT molecular complexity index is 807. The predicted molar refractivity (Wildman–Crippen MR) is 92.1 cm³/mol. The molecular formula is C19H23N3. The minimum atomic E-state index is 0.0381. The van der Waals surface area contributed by atoms with Crippen LogP contribution in [0.25, 0.3) is 22.2 Å². The second kappa shape index (κ2) is 5.24. The zero-order chi connectivity index (χ0) is 15.9. The highest BCUT2D eigenvalue weighted by Gasteiger charge is 2.18. The molecule has 3 nitrogen and oxygen atoms in total. The number of pyridine rings is 1. The fraction of sp³-hybridized carbons (Fsp3) is 0.368. The molecule has 2 aromatic heterocycles. The minimum Gasteiger partial charge on any atom is -0.276 e. The lowest BCUT2D eigenvalue weighted by Gasteiger charge is -2.13. The van der Waals surface area contributed by atoms with E-state index in [2.05, 4.69) is 80.1 Å². The average Bonchev–Trinajstić information content (AvgIpc) is 2.96. The molecule has 0 amide bonds. The van der Waals surface area contributed by atoms with E-state index in [1.165, 1.54) is 16.3 Å². The molecule has 0 radical (unpaired) electrons. The Balaban J connectivity index is 2.05. The highest BCUT2D eigenvalue weighted by Crippen LogP contribution is 2.27. The molecule has 2 heterocycles. The monoisotopic (exact) mass is 293 g/mol. The summed E-state index contributed by atoms with van der Waals surface area (Å²) in [5.74, 6) is 0.528. The SMILES string of the molecule is CC(C)c1ccc2cnc(-c3cc(C(C)(C)C)n[nH]3)cc2c1. The van der Waals surface area contributed by atoms with Crippen LogP contribution in [0, 0.1) is 0 Å². The second-order valence-corrected chi connectivity index (χ2v) is 7.25. The van der Waals surface area contributed by atoms with E-state index in [0.717, 1.165) is 17.1 Å². The summed E-state index contributed by atoms with van der Waals surface area (Å²) < 4.78 is 0. The van der Waals surface area contributed by atoms with Crippen LogP contribution in [0.5, 0.6) is 0 Å². The Morgan fingerprint density at radius 1 is 1.00 bits per heavy atom. The smallest absolute Gasteiger partial charge is 0.0886 e. The molecule has 0 atom stereocenters. The van der Waals surface area contributed by atoms with Crippen molar-refractivity contribution in [3.05, 3.63) is 47.8 Å². The van der Waals surface area contributed by atoms with Gasteiger partial charge in [0.1, 0.15) is 0 Å². The van der Waals surface area contributed by atoms with Crippen LogP contribution in [0.15, 0.2) is 36.5 Å². The van der Waals surface area contributed by atoms with Crippen molar-refractivity contribution < 1.29 is 0 Å². The van der Waals surface area contributed by atoms with E-state index in [9.17, 15) is 0 Å². The molecule has 1 N–H and O–H groups in total. The van der Waals surface area contributed by atoms with Gasteiger partial charge in [0.2, 0.25) is 0 Å². The van der Waals surface area contributed by atoms with Gasteiger partial charge in [-0.05, 0) is 29.0 Å². The van der Waals surface area contributed by atoms with Gasteiger partial charge in [-0.3, -0.25) is 10.1 Å². The molecule has 0 fully saturated rings. The predicted octanol–water partition coefficient (Wildman–Crippen LogP) is 5.05. The molecule has 0 unspecified atom stereocenters. The number of fused-ring (bicyclic) bond motifs is 1. The molecule has 114 valence electrons. The fourth-order valence-corrected chi connectivity index (χ4v) is 2.50. The van der Waals surface area contributed by atoms with E-state index in [1.54, 1.807) is 0 Å². The van der Waals surface area contributed by atoms with Gasteiger partial charge < -0.3 is 0 Å². The second-order valence-electron chi connectivity index (χ2n) is 7.25. The molecule has 1 aromatic carbocycles. The van der Waals surface area contributed by atoms with Gasteiger partial charge in [0, 0.05) is 17.0 Å². The molecular weight excluding hydrogens is 270 g/mol. The van der Waals surface area contributed by atoms with Crippen LogP contribution in [0.2, 0.25) is 0 Å². The van der Waals surface area contributed by atoms with Crippen molar-refractivity contribution in [1.29, 1.82) is 0 Å². The van der Waals surface area contributed by atoms with E-state index < -0.39 is 0 Å². The summed E-state index contributed by atoms with van der Waals surface area (Å²) in [6.07, 6.45) is 1.94. The molecule has 0 aliphatic heterocycles. The van der Waals surface area contributed by atoms with Crippen LogP contribution < -0.4 is 0 Å². The molecule has 3 aromatic rings. The molecule has 0 aliphatic rings. The number of nitrogens with one attached hydrogen (secondary N) is 1. The van der Waals surface area contributed by atoms with E-state index in [1.807, 2.05) is 6.20 Å². The van der Waals surface area contributed by atoms with Crippen LogP contribution in [-0.2, 0) is 5.41 Å². The molecule has 0 saturated carbocycles. The van der Waals surface area contributed by atoms with Crippen molar-refractivity contribution in [2.24, 2.45) is 0 Å². The maximum absolute atomic E-state index is 4.58. The van der Waals surface area contributed by atoms with Gasteiger partial charge in [0.15, 0.2) is 0 Å². The van der Waals surface area contributed by atoms with E-state index >= 15 is 0 Å². The largest absolute Gasteiger partial charge is 0.276 e. The number of H-pyrrole nitrogens is 1. The quantitative estimate of drug-likeness (QED) is 0.718. The molecule has 22 heavy (non-hydrogen) atoms. The summed E-state index contributed by atoms with van der Waals surface area (Å²) in [7, 11) is 0. The Morgan fingerprint density at radius 2 is 1.77 bits per heavy atom. The molecule has 0 spiro atoms. The number of aromatic amines is 1. The number of rotatable bonds is 2. The van der Waals surface area contributed by atoms with Gasteiger partial charge in [0.05, 0.1) is 17.1 Å². The van der Waals surface area contributed by atoms with Crippen LogP contribution in [0.3, 0.4) is 0 Å². The summed E-state index contributed by atoms with van der Waals surface area (Å²) in [4.78, 5) is 4.58. The zero-order valence-corrected chi connectivity index (χ0v) is 13.9. The Hall–Kier alpha value is -2.16. The maximum Gasteiger partial charge on any atom is 0.0886 e. The molecule has 0 bridgehead atoms. The summed E-state index contributed by atoms with van der Waals surface area (Å²) in [6.45, 7) is 10.9. The third-order valence-corrected chi connectivity index (χ3v) is 4.03. The average molecular weight is 293 g/mol. The van der Waals surface area contributed by atoms with Crippen molar-refractivity contribution in [2.45, 2.75) is 46.0 Å². The Morgan fingerprint density at radius 3 is 2.41 bits per heavy atom. The lowest BCUT2D eigenvalue weighted by Crippen LogP contribution is -2.11. The van der Waals surface area contributed by atoms with Crippen molar-refractivity contribution >= 4 is 10.8 Å². The van der Waals surface area contributed by atoms with Crippen molar-refractivity contribution in [1.82, 2.24) is 15.2 Å².